The van der Waals surface area contributed by atoms with E-state index in [1.54, 1.807) is 13.1 Å². The van der Waals surface area contributed by atoms with E-state index in [9.17, 15) is 24.9 Å². The van der Waals surface area contributed by atoms with Crippen molar-refractivity contribution in [1.29, 1.82) is 0 Å². The van der Waals surface area contributed by atoms with Crippen LogP contribution in [0.3, 0.4) is 0 Å². The van der Waals surface area contributed by atoms with Crippen LogP contribution in [0.1, 0.15) is 25.0 Å². The number of likely N-dealkylation sites (N-methyl/N-ethyl adjacent to an activating group) is 2. The topological polar surface area (TPSA) is 166 Å². The van der Waals surface area contributed by atoms with Crippen LogP contribution in [0, 0.1) is 5.92 Å². The quantitative estimate of drug-likeness (QED) is 0.287. The predicted octanol–water partition coefficient (Wildman–Crippen LogP) is 2.24. The van der Waals surface area contributed by atoms with Crippen LogP contribution < -0.4 is 10.6 Å². The number of hydrogen-bond donors (Lipinski definition) is 5. The van der Waals surface area contributed by atoms with Crippen molar-refractivity contribution in [2.24, 2.45) is 5.92 Å². The fourth-order valence-corrected chi connectivity index (χ4v) is 22.3. The third-order valence-corrected chi connectivity index (χ3v) is 23.9. The molecule has 0 saturated carbocycles. The van der Waals surface area contributed by atoms with Gasteiger partial charge < -0.3 is 35.8 Å². The average molecular weight is 805 g/mol. The molecule has 8 fully saturated rings. The second-order valence-corrected chi connectivity index (χ2v) is 23.2. The van der Waals surface area contributed by atoms with E-state index in [-0.39, 0.29) is 11.8 Å². The van der Waals surface area contributed by atoms with Gasteiger partial charge in [-0.3, -0.25) is 29.0 Å². The van der Waals surface area contributed by atoms with Crippen LogP contribution >= 0.6 is 62.8 Å². The number of fused-ring (bicyclic) bond motifs is 13. The summed E-state index contributed by atoms with van der Waals surface area (Å²) in [6.45, 7) is 3.14. The molecule has 8 saturated heterocycles. The van der Waals surface area contributed by atoms with Crippen LogP contribution in [0.5, 0.6) is 0 Å². The molecule has 268 valence electrons. The Balaban J connectivity index is 1.34. The summed E-state index contributed by atoms with van der Waals surface area (Å²) in [7, 11) is 10.3. The van der Waals surface area contributed by atoms with Gasteiger partial charge in [-0.05, 0) is 92.0 Å². The average Bonchev–Trinajstić information content (AvgIpc) is 3.77. The van der Waals surface area contributed by atoms with Crippen LogP contribution in [-0.2, 0) is 30.0 Å². The van der Waals surface area contributed by atoms with Crippen LogP contribution in [0.15, 0.2) is 48.5 Å². The number of carbonyl (C=O) groups is 4. The first kappa shape index (κ1) is 33.5. The smallest absolute Gasteiger partial charge is 0.265 e. The molecule has 51 heavy (non-hydrogen) atoms. The summed E-state index contributed by atoms with van der Waals surface area (Å²) in [6.07, 6.45) is -5.63. The van der Waals surface area contributed by atoms with Gasteiger partial charge >= 0.3 is 0 Å². The predicted molar refractivity (Wildman–Crippen MR) is 201 cm³/mol. The molecule has 2 aromatic rings. The number of aliphatic hydroxyl groups excluding tert-OH is 3. The van der Waals surface area contributed by atoms with Crippen LogP contribution in [0.4, 0.5) is 11.4 Å². The van der Waals surface area contributed by atoms with Gasteiger partial charge in [-0.1, -0.05) is 50.2 Å². The molecular weight excluding hydrogens is 773 g/mol. The Hall–Kier alpha value is -2.10. The highest BCUT2D eigenvalue weighted by atomic mass is 33.7. The van der Waals surface area contributed by atoms with E-state index in [2.05, 4.69) is 10.6 Å². The molecule has 4 bridgehead atoms. The Morgan fingerprint density at radius 3 is 1.73 bits per heavy atom. The van der Waals surface area contributed by atoms with E-state index in [0.717, 1.165) is 32.4 Å². The second kappa shape index (κ2) is 10.1. The Kier molecular flexibility index (Phi) is 6.66. The molecule has 12 rings (SSSR count). The number of nitrogens with one attached hydrogen (secondary N) is 2. The summed E-state index contributed by atoms with van der Waals surface area (Å²) in [5.41, 5.74) is -1.21. The molecule has 2 spiro atoms. The minimum Gasteiger partial charge on any atom is -0.392 e. The maximum absolute atomic E-state index is 15.5. The number of para-hydroxylation sites is 2. The van der Waals surface area contributed by atoms with E-state index in [1.165, 1.54) is 57.1 Å². The summed E-state index contributed by atoms with van der Waals surface area (Å²) in [5.74, 6) is -2.26. The van der Waals surface area contributed by atoms with E-state index in [4.69, 9.17) is 0 Å². The molecule has 10 aliphatic rings. The minimum atomic E-state index is -1.89. The highest BCUT2D eigenvalue weighted by Crippen LogP contribution is 2.78. The molecular formula is C32H32N6O7S6. The molecule has 10 heterocycles. The molecule has 4 amide bonds. The zero-order valence-corrected chi connectivity index (χ0v) is 32.3. The SMILES string of the molecule is CC(C)[C@]12SSSSC3(C(=O)N1C)[C@@H](O)[C@]1(C45c6ccccc6N[C@H]4N4C(=O)[C@@]6(CO)SSC4(C(=O)N6C)[C@H]5O)c4ccccc4N[C@@H]1N3C2=O. The number of amides is 4. The molecule has 19 heteroatoms. The highest BCUT2D eigenvalue weighted by molar-refractivity contribution is 9.26. The summed E-state index contributed by atoms with van der Waals surface area (Å²) in [6, 6.07) is 14.6. The van der Waals surface area contributed by atoms with Crippen molar-refractivity contribution in [3.05, 3.63) is 59.7 Å². The number of anilines is 2. The number of aliphatic hydroxyl groups is 3. The number of nitrogens with zero attached hydrogens (tertiary/aromatic N) is 4. The van der Waals surface area contributed by atoms with Gasteiger partial charge in [0.05, 0.1) is 17.4 Å². The summed E-state index contributed by atoms with van der Waals surface area (Å²) in [5, 5.41) is 44.9. The Bertz CT molecular complexity index is 2020. The Morgan fingerprint density at radius 2 is 1.18 bits per heavy atom. The largest absolute Gasteiger partial charge is 0.392 e. The van der Waals surface area contributed by atoms with E-state index in [0.29, 0.717) is 22.5 Å². The Morgan fingerprint density at radius 1 is 0.686 bits per heavy atom. The zero-order chi connectivity index (χ0) is 35.8. The van der Waals surface area contributed by atoms with Gasteiger partial charge in [0, 0.05) is 25.5 Å². The second-order valence-electron chi connectivity index (χ2n) is 14.5. The van der Waals surface area contributed by atoms with Crippen molar-refractivity contribution in [1.82, 2.24) is 19.6 Å². The van der Waals surface area contributed by atoms with Gasteiger partial charge in [-0.2, -0.15) is 0 Å². The summed E-state index contributed by atoms with van der Waals surface area (Å²) in [4.78, 5) is 59.2. The minimum absolute atomic E-state index is 0.330. The van der Waals surface area contributed by atoms with E-state index in [1.807, 2.05) is 56.3 Å². The Labute approximate surface area is 315 Å². The molecule has 10 aliphatic heterocycles. The maximum atomic E-state index is 15.5. The lowest BCUT2D eigenvalue weighted by Gasteiger charge is -2.58. The van der Waals surface area contributed by atoms with E-state index >= 15 is 9.59 Å². The maximum Gasteiger partial charge on any atom is 0.265 e. The normalized spacial score (nSPS) is 44.2. The fourth-order valence-electron chi connectivity index (χ4n) is 10.5. The van der Waals surface area contributed by atoms with Crippen molar-refractivity contribution in [2.75, 3.05) is 31.3 Å². The first-order chi connectivity index (χ1) is 24.3. The molecule has 10 atom stereocenters. The van der Waals surface area contributed by atoms with Crippen molar-refractivity contribution < 1.29 is 34.5 Å². The van der Waals surface area contributed by atoms with Gasteiger partial charge in [-0.25, -0.2) is 0 Å². The number of rotatable bonds is 3. The molecule has 3 unspecified atom stereocenters. The third kappa shape index (κ3) is 3.05. The van der Waals surface area contributed by atoms with Gasteiger partial charge in [0.25, 0.3) is 23.6 Å². The van der Waals surface area contributed by atoms with Crippen molar-refractivity contribution in [2.45, 2.75) is 68.7 Å². The zero-order valence-electron chi connectivity index (χ0n) is 27.4. The molecule has 0 radical (unpaired) electrons. The van der Waals surface area contributed by atoms with Crippen molar-refractivity contribution >= 4 is 97.8 Å². The lowest BCUT2D eigenvalue weighted by Crippen LogP contribution is -2.79. The summed E-state index contributed by atoms with van der Waals surface area (Å²) >= 11 is 0. The number of hydrogen-bond acceptors (Lipinski definition) is 15. The van der Waals surface area contributed by atoms with Crippen LogP contribution in [0.25, 0.3) is 0 Å². The van der Waals surface area contributed by atoms with Crippen LogP contribution in [-0.4, -0.2) is 123 Å². The lowest BCUT2D eigenvalue weighted by molar-refractivity contribution is -0.169. The highest BCUT2D eigenvalue weighted by Gasteiger charge is 2.92. The molecule has 13 nitrogen and oxygen atoms in total. The van der Waals surface area contributed by atoms with E-state index < -0.39 is 79.2 Å². The van der Waals surface area contributed by atoms with Gasteiger partial charge in [0.15, 0.2) is 4.87 Å². The summed E-state index contributed by atoms with van der Waals surface area (Å²) < 4.78 is 0. The fraction of sp³-hybridized carbons (Fsp3) is 0.500. The van der Waals surface area contributed by atoms with Gasteiger partial charge in [0.1, 0.15) is 24.5 Å². The molecule has 0 aliphatic carbocycles. The lowest BCUT2D eigenvalue weighted by atomic mass is 9.52. The van der Waals surface area contributed by atoms with Crippen molar-refractivity contribution in [3.8, 4) is 0 Å². The number of piperazine rings is 2. The molecule has 2 aromatic carbocycles. The first-order valence-corrected chi connectivity index (χ1v) is 23.3. The number of benzene rings is 2. The molecule has 0 aromatic heterocycles. The number of carbonyl (C=O) groups excluding carboxylic acids is 4. The third-order valence-electron chi connectivity index (χ3n) is 12.7. The van der Waals surface area contributed by atoms with Crippen LogP contribution in [0.2, 0.25) is 0 Å². The van der Waals surface area contributed by atoms with Gasteiger partial charge in [0.2, 0.25) is 14.6 Å². The van der Waals surface area contributed by atoms with Gasteiger partial charge in [-0.15, -0.1) is 0 Å². The monoisotopic (exact) mass is 804 g/mol. The van der Waals surface area contributed by atoms with Crippen molar-refractivity contribution in [3.63, 3.8) is 0 Å². The molecule has 5 N–H and O–H groups in total. The standard InChI is InChI=1S/C32H32N6O7S6/c1-14(2)30-26(45)38-22-29(16-10-6-8-12-18(16)34-22,20(41)32(38,25(44)36(30)4)49-51-50-48-30)28-15-9-5-7-11-17(15)33-21(28)37-23(42)27(13-39)35(3)24(43)31(37,19(28)40)47-46-27/h5-12,14,19-22,33-34,39-41H,13H2,1-4H3/t19-,20-,21-,22+,27+,28?,29+,30+,31?,32?/m0/s1. The first-order valence-electron chi connectivity index (χ1n) is 16.3.